The van der Waals surface area contributed by atoms with E-state index in [0.29, 0.717) is 24.7 Å². The van der Waals surface area contributed by atoms with Crippen molar-refractivity contribution in [3.05, 3.63) is 66.0 Å². The van der Waals surface area contributed by atoms with Crippen molar-refractivity contribution in [2.75, 3.05) is 12.3 Å². The number of pyridine rings is 2. The molecule has 5 heteroatoms. The van der Waals surface area contributed by atoms with Crippen LogP contribution in [0.5, 0.6) is 5.75 Å². The molecule has 1 aromatic carbocycles. The molecule has 4 rings (SSSR count). The number of anilines is 1. The molecule has 2 aromatic heterocycles. The zero-order valence-electron chi connectivity index (χ0n) is 13.0. The van der Waals surface area contributed by atoms with E-state index in [4.69, 9.17) is 10.5 Å². The van der Waals surface area contributed by atoms with Crippen LogP contribution in [0.1, 0.15) is 11.3 Å². The number of hydrogen-bond acceptors (Lipinski definition) is 5. The van der Waals surface area contributed by atoms with Gasteiger partial charge in [-0.2, -0.15) is 0 Å². The van der Waals surface area contributed by atoms with Crippen LogP contribution in [0.2, 0.25) is 0 Å². The number of ether oxygens (including phenoxy) is 1. The molecule has 0 aliphatic carbocycles. The van der Waals surface area contributed by atoms with Gasteiger partial charge in [0.15, 0.2) is 0 Å². The molecule has 3 aromatic rings. The van der Waals surface area contributed by atoms with E-state index >= 15 is 0 Å². The van der Waals surface area contributed by atoms with Gasteiger partial charge in [-0.05, 0) is 41.5 Å². The van der Waals surface area contributed by atoms with Crippen molar-refractivity contribution in [3.63, 3.8) is 0 Å². The van der Waals surface area contributed by atoms with E-state index < -0.39 is 0 Å². The molecule has 0 unspecified atom stereocenters. The molecule has 0 atom stereocenters. The van der Waals surface area contributed by atoms with Crippen LogP contribution in [-0.2, 0) is 6.61 Å². The first kappa shape index (κ1) is 14.4. The maximum absolute atomic E-state index is 5.95. The number of nitrogen functional groups attached to an aromatic ring is 1. The maximum atomic E-state index is 5.95. The molecule has 0 radical (unpaired) electrons. The van der Waals surface area contributed by atoms with Crippen molar-refractivity contribution in [2.24, 2.45) is 4.99 Å². The van der Waals surface area contributed by atoms with Gasteiger partial charge in [-0.3, -0.25) is 9.98 Å². The molecule has 24 heavy (non-hydrogen) atoms. The SMILES string of the molecule is Nc1cc(OCc2ccccn2)c2ccc(C3=CC=NC3)cc2n1. The molecule has 0 saturated carbocycles. The first-order chi connectivity index (χ1) is 11.8. The predicted molar refractivity (Wildman–Crippen MR) is 96.1 cm³/mol. The third-order valence-electron chi connectivity index (χ3n) is 3.91. The van der Waals surface area contributed by atoms with Crippen LogP contribution in [0.4, 0.5) is 5.82 Å². The van der Waals surface area contributed by atoms with E-state index in [1.807, 2.05) is 42.6 Å². The average molecular weight is 316 g/mol. The lowest BCUT2D eigenvalue weighted by molar-refractivity contribution is 0.305. The highest BCUT2D eigenvalue weighted by molar-refractivity contribution is 5.94. The van der Waals surface area contributed by atoms with Crippen LogP contribution in [0.25, 0.3) is 16.5 Å². The van der Waals surface area contributed by atoms with Gasteiger partial charge < -0.3 is 10.5 Å². The number of aromatic nitrogens is 2. The molecule has 1 aliphatic heterocycles. The van der Waals surface area contributed by atoms with E-state index in [-0.39, 0.29) is 0 Å². The second-order valence-electron chi connectivity index (χ2n) is 5.57. The summed E-state index contributed by atoms with van der Waals surface area (Å²) in [4.78, 5) is 12.9. The normalized spacial score (nSPS) is 13.2. The summed E-state index contributed by atoms with van der Waals surface area (Å²) >= 11 is 0. The molecule has 118 valence electrons. The third kappa shape index (κ3) is 2.84. The average Bonchev–Trinajstić information content (AvgIpc) is 3.14. The fraction of sp³-hybridized carbons (Fsp3) is 0.105. The molecule has 5 nitrogen and oxygen atoms in total. The van der Waals surface area contributed by atoms with Crippen LogP contribution in [0.15, 0.2) is 59.7 Å². The van der Waals surface area contributed by atoms with Crippen LogP contribution in [0, 0.1) is 0 Å². The monoisotopic (exact) mass is 316 g/mol. The zero-order chi connectivity index (χ0) is 16.4. The molecule has 0 spiro atoms. The van der Waals surface area contributed by atoms with E-state index in [1.165, 1.54) is 5.57 Å². The van der Waals surface area contributed by atoms with E-state index in [2.05, 4.69) is 21.0 Å². The number of aliphatic imine (C=N–C) groups is 1. The first-order valence-electron chi connectivity index (χ1n) is 7.72. The fourth-order valence-electron chi connectivity index (χ4n) is 2.70. The number of fused-ring (bicyclic) bond motifs is 1. The summed E-state index contributed by atoms with van der Waals surface area (Å²) in [6, 6.07) is 13.6. The van der Waals surface area contributed by atoms with Gasteiger partial charge in [0.05, 0.1) is 17.8 Å². The molecule has 0 amide bonds. The Kier molecular flexibility index (Phi) is 3.67. The lowest BCUT2D eigenvalue weighted by atomic mass is 10.0. The van der Waals surface area contributed by atoms with Gasteiger partial charge in [0.2, 0.25) is 0 Å². The van der Waals surface area contributed by atoms with E-state index in [9.17, 15) is 0 Å². The summed E-state index contributed by atoms with van der Waals surface area (Å²) in [5, 5.41) is 0.934. The smallest absolute Gasteiger partial charge is 0.132 e. The summed E-state index contributed by atoms with van der Waals surface area (Å²) < 4.78 is 5.93. The van der Waals surface area contributed by atoms with Crippen LogP contribution >= 0.6 is 0 Å². The molecule has 3 heterocycles. The highest BCUT2D eigenvalue weighted by atomic mass is 16.5. The van der Waals surface area contributed by atoms with Crippen LogP contribution < -0.4 is 10.5 Å². The number of rotatable bonds is 4. The standard InChI is InChI=1S/C19H16N4O/c20-19-10-18(24-12-15-3-1-2-7-22-15)16-5-4-13(9-17(16)23-19)14-6-8-21-11-14/h1-10H,11-12H2,(H2,20,23). The van der Waals surface area contributed by atoms with Gasteiger partial charge in [0.25, 0.3) is 0 Å². The molecular formula is C19H16N4O. The maximum Gasteiger partial charge on any atom is 0.132 e. The van der Waals surface area contributed by atoms with Gasteiger partial charge >= 0.3 is 0 Å². The minimum absolute atomic E-state index is 0.389. The summed E-state index contributed by atoms with van der Waals surface area (Å²) in [6.07, 6.45) is 5.60. The highest BCUT2D eigenvalue weighted by Crippen LogP contribution is 2.30. The lowest BCUT2D eigenvalue weighted by Gasteiger charge is -2.11. The summed E-state index contributed by atoms with van der Waals surface area (Å²) in [5.74, 6) is 1.15. The predicted octanol–water partition coefficient (Wildman–Crippen LogP) is 3.26. The Morgan fingerprint density at radius 3 is 2.88 bits per heavy atom. The van der Waals surface area contributed by atoms with Crippen molar-refractivity contribution >= 4 is 28.5 Å². The Morgan fingerprint density at radius 1 is 1.12 bits per heavy atom. The zero-order valence-corrected chi connectivity index (χ0v) is 13.0. The minimum atomic E-state index is 0.389. The van der Waals surface area contributed by atoms with Crippen molar-refractivity contribution < 1.29 is 4.74 Å². The second kappa shape index (κ2) is 6.12. The molecule has 2 N–H and O–H groups in total. The fourth-order valence-corrected chi connectivity index (χ4v) is 2.70. The van der Waals surface area contributed by atoms with E-state index in [1.54, 1.807) is 12.3 Å². The van der Waals surface area contributed by atoms with Crippen LogP contribution in [-0.4, -0.2) is 22.7 Å². The molecule has 1 aliphatic rings. The molecule has 0 saturated heterocycles. The third-order valence-corrected chi connectivity index (χ3v) is 3.91. The second-order valence-corrected chi connectivity index (χ2v) is 5.57. The number of allylic oxidation sites excluding steroid dienone is 1. The Labute approximate surface area is 139 Å². The van der Waals surface area contributed by atoms with Crippen molar-refractivity contribution in [1.29, 1.82) is 0 Å². The van der Waals surface area contributed by atoms with E-state index in [0.717, 1.165) is 22.2 Å². The Balaban J connectivity index is 1.67. The van der Waals surface area contributed by atoms with Gasteiger partial charge in [-0.25, -0.2) is 4.98 Å². The number of hydrogen-bond donors (Lipinski definition) is 1. The molecular weight excluding hydrogens is 300 g/mol. The summed E-state index contributed by atoms with van der Waals surface area (Å²) in [7, 11) is 0. The quantitative estimate of drug-likeness (QED) is 0.802. The number of benzene rings is 1. The van der Waals surface area contributed by atoms with Gasteiger partial charge in [0.1, 0.15) is 18.2 Å². The van der Waals surface area contributed by atoms with Gasteiger partial charge in [-0.1, -0.05) is 12.1 Å². The first-order valence-corrected chi connectivity index (χ1v) is 7.72. The van der Waals surface area contributed by atoms with Crippen molar-refractivity contribution in [1.82, 2.24) is 9.97 Å². The van der Waals surface area contributed by atoms with Gasteiger partial charge in [-0.15, -0.1) is 0 Å². The largest absolute Gasteiger partial charge is 0.486 e. The molecule has 0 bridgehead atoms. The lowest BCUT2D eigenvalue weighted by Crippen LogP contribution is -2.00. The Bertz CT molecular complexity index is 948. The molecule has 0 fully saturated rings. The number of nitrogens with zero attached hydrogens (tertiary/aromatic N) is 3. The topological polar surface area (TPSA) is 73.4 Å². The number of nitrogens with two attached hydrogens (primary N) is 1. The van der Waals surface area contributed by atoms with Crippen LogP contribution in [0.3, 0.4) is 0 Å². The van der Waals surface area contributed by atoms with Gasteiger partial charge in [0, 0.05) is 23.9 Å². The van der Waals surface area contributed by atoms with Crippen molar-refractivity contribution in [2.45, 2.75) is 6.61 Å². The highest BCUT2D eigenvalue weighted by Gasteiger charge is 2.10. The van der Waals surface area contributed by atoms with Crippen molar-refractivity contribution in [3.8, 4) is 5.75 Å². The summed E-state index contributed by atoms with van der Waals surface area (Å²) in [6.45, 7) is 1.09. The summed E-state index contributed by atoms with van der Waals surface area (Å²) in [5.41, 5.74) is 9.92. The Hall–Kier alpha value is -3.21. The Morgan fingerprint density at radius 2 is 2.08 bits per heavy atom. The minimum Gasteiger partial charge on any atom is -0.486 e.